The average molecular weight is 407 g/mol. The van der Waals surface area contributed by atoms with Gasteiger partial charge in [-0.3, -0.25) is 14.7 Å². The van der Waals surface area contributed by atoms with Gasteiger partial charge in [-0.2, -0.15) is 13.5 Å². The highest BCUT2D eigenvalue weighted by Crippen LogP contribution is 2.23. The number of nitrogens with zero attached hydrogens (tertiary/aromatic N) is 3. The molecular weight excluding hydrogens is 394 g/mol. The van der Waals surface area contributed by atoms with Crippen molar-refractivity contribution >= 4 is 33.2 Å². The maximum atomic E-state index is 11.9. The molecule has 0 bridgehead atoms. The van der Waals surface area contributed by atoms with E-state index in [-0.39, 0.29) is 21.8 Å². The fraction of sp³-hybridized carbons (Fsp3) is 0.0625. The van der Waals surface area contributed by atoms with E-state index in [1.54, 1.807) is 0 Å². The van der Waals surface area contributed by atoms with Crippen molar-refractivity contribution < 1.29 is 32.5 Å². The molecule has 0 aliphatic heterocycles. The van der Waals surface area contributed by atoms with Crippen molar-refractivity contribution in [1.82, 2.24) is 0 Å². The summed E-state index contributed by atoms with van der Waals surface area (Å²) in [4.78, 5) is 21.6. The first-order valence-electron chi connectivity index (χ1n) is 7.39. The molecule has 0 fully saturated rings. The molecule has 0 saturated carbocycles. The lowest BCUT2D eigenvalue weighted by Gasteiger charge is -2.04. The van der Waals surface area contributed by atoms with Crippen molar-refractivity contribution in [1.29, 1.82) is 0 Å². The molecule has 0 saturated heterocycles. The van der Waals surface area contributed by atoms with Crippen LogP contribution in [0.25, 0.3) is 5.76 Å². The number of nitro groups is 1. The van der Waals surface area contributed by atoms with Crippen molar-refractivity contribution in [2.45, 2.75) is 4.90 Å². The number of hydrogen-bond donors (Lipinski definition) is 2. The molecule has 0 amide bonds. The number of methoxy groups -OCH3 is 1. The van der Waals surface area contributed by atoms with Gasteiger partial charge in [-0.25, -0.2) is 4.79 Å². The van der Waals surface area contributed by atoms with Gasteiger partial charge in [0.2, 0.25) is 5.70 Å². The van der Waals surface area contributed by atoms with Crippen LogP contribution in [-0.2, 0) is 19.6 Å². The van der Waals surface area contributed by atoms with Gasteiger partial charge in [-0.15, -0.1) is 5.11 Å². The predicted octanol–water partition coefficient (Wildman–Crippen LogP) is 3.03. The Bertz CT molecular complexity index is 1060. The highest BCUT2D eigenvalue weighted by molar-refractivity contribution is 7.85. The summed E-state index contributed by atoms with van der Waals surface area (Å²) in [5.74, 6) is -1.64. The highest BCUT2D eigenvalue weighted by atomic mass is 32.2. The third-order valence-electron chi connectivity index (χ3n) is 3.35. The van der Waals surface area contributed by atoms with E-state index < -0.39 is 32.5 Å². The lowest BCUT2D eigenvalue weighted by atomic mass is 10.1. The molecule has 0 aliphatic carbocycles. The average Bonchev–Trinajstić information content (AvgIpc) is 2.67. The zero-order chi connectivity index (χ0) is 20.9. The van der Waals surface area contributed by atoms with Gasteiger partial charge >= 0.3 is 5.97 Å². The number of carbonyl (C=O) groups excluding carboxylic acids is 1. The van der Waals surface area contributed by atoms with Crippen LogP contribution in [0.3, 0.4) is 0 Å². The molecule has 0 aliphatic rings. The second-order valence-electron chi connectivity index (χ2n) is 5.16. The van der Waals surface area contributed by atoms with Crippen molar-refractivity contribution in [3.63, 3.8) is 0 Å². The molecule has 0 atom stereocenters. The largest absolute Gasteiger partial charge is 0.505 e. The lowest BCUT2D eigenvalue weighted by Crippen LogP contribution is -2.05. The third kappa shape index (κ3) is 4.96. The summed E-state index contributed by atoms with van der Waals surface area (Å²) in [6.45, 7) is 0. The SMILES string of the molecule is COC(=O)C(N=Nc1ccc(S(=O)(=O)O)cc1)=C(O)c1ccc([N+](=O)[O-])cc1. The number of esters is 1. The Labute approximate surface area is 158 Å². The normalized spacial score (nSPS) is 12.5. The third-order valence-corrected chi connectivity index (χ3v) is 4.22. The number of rotatable bonds is 6. The van der Waals surface area contributed by atoms with Crippen LogP contribution in [0.15, 0.2) is 69.4 Å². The van der Waals surface area contributed by atoms with Gasteiger partial charge < -0.3 is 9.84 Å². The number of ether oxygens (including phenoxy) is 1. The molecule has 0 unspecified atom stereocenters. The number of nitro benzene ring substituents is 1. The predicted molar refractivity (Wildman–Crippen MR) is 95.4 cm³/mol. The number of non-ortho nitro benzene ring substituents is 1. The first-order chi connectivity index (χ1) is 13.1. The van der Waals surface area contributed by atoms with E-state index in [9.17, 15) is 28.4 Å². The minimum atomic E-state index is -4.37. The van der Waals surface area contributed by atoms with E-state index in [0.717, 1.165) is 31.4 Å². The first kappa shape index (κ1) is 20.7. The number of benzene rings is 2. The van der Waals surface area contributed by atoms with Gasteiger partial charge in [0.25, 0.3) is 15.8 Å². The van der Waals surface area contributed by atoms with Crippen molar-refractivity contribution in [3.05, 3.63) is 69.9 Å². The van der Waals surface area contributed by atoms with E-state index in [1.165, 1.54) is 24.3 Å². The van der Waals surface area contributed by atoms with Gasteiger partial charge in [-0.05, 0) is 36.4 Å². The molecular formula is C16H13N3O8S. The molecule has 146 valence electrons. The van der Waals surface area contributed by atoms with Crippen LogP contribution in [0.1, 0.15) is 5.56 Å². The summed E-state index contributed by atoms with van der Waals surface area (Å²) >= 11 is 0. The number of aliphatic hydroxyl groups excluding tert-OH is 1. The monoisotopic (exact) mass is 407 g/mol. The van der Waals surface area contributed by atoms with Crippen LogP contribution in [0.2, 0.25) is 0 Å². The molecule has 11 nitrogen and oxygen atoms in total. The molecule has 2 aromatic rings. The Morgan fingerprint density at radius 2 is 1.68 bits per heavy atom. The quantitative estimate of drug-likeness (QED) is 0.140. The van der Waals surface area contributed by atoms with Gasteiger partial charge in [0.15, 0.2) is 5.76 Å². The van der Waals surface area contributed by atoms with Crippen LogP contribution < -0.4 is 0 Å². The molecule has 28 heavy (non-hydrogen) atoms. The summed E-state index contributed by atoms with van der Waals surface area (Å²) in [5.41, 5.74) is -0.607. The van der Waals surface area contributed by atoms with Gasteiger partial charge in [0.05, 0.1) is 22.6 Å². The molecule has 0 heterocycles. The summed E-state index contributed by atoms with van der Waals surface area (Å²) in [5, 5.41) is 28.3. The van der Waals surface area contributed by atoms with E-state index in [4.69, 9.17) is 4.55 Å². The smallest absolute Gasteiger partial charge is 0.362 e. The fourth-order valence-corrected chi connectivity index (χ4v) is 2.43. The molecule has 12 heteroatoms. The second-order valence-corrected chi connectivity index (χ2v) is 6.58. The molecule has 0 radical (unpaired) electrons. The van der Waals surface area contributed by atoms with E-state index >= 15 is 0 Å². The molecule has 0 spiro atoms. The molecule has 2 N–H and O–H groups in total. The van der Waals surface area contributed by atoms with Crippen molar-refractivity contribution in [2.24, 2.45) is 10.2 Å². The number of aliphatic hydroxyl groups is 1. The topological polar surface area (TPSA) is 169 Å². The van der Waals surface area contributed by atoms with Crippen LogP contribution in [0.5, 0.6) is 0 Å². The van der Waals surface area contributed by atoms with Crippen LogP contribution in [-0.4, -0.2) is 36.1 Å². The van der Waals surface area contributed by atoms with E-state index in [1.807, 2.05) is 0 Å². The minimum Gasteiger partial charge on any atom is -0.505 e. The zero-order valence-electron chi connectivity index (χ0n) is 14.2. The number of hydrogen-bond acceptors (Lipinski definition) is 9. The highest BCUT2D eigenvalue weighted by Gasteiger charge is 2.18. The Balaban J connectivity index is 2.40. The van der Waals surface area contributed by atoms with E-state index in [2.05, 4.69) is 15.0 Å². The minimum absolute atomic E-state index is 0.0617. The Hall–Kier alpha value is -3.64. The standard InChI is InChI=1S/C16H13N3O8S/c1-27-16(21)14(15(20)10-2-6-12(7-3-10)19(22)23)18-17-11-4-8-13(9-5-11)28(24,25)26/h2-9,20H,1H3,(H,24,25,26). The van der Waals surface area contributed by atoms with Gasteiger partial charge in [0.1, 0.15) is 0 Å². The fourth-order valence-electron chi connectivity index (χ4n) is 1.95. The molecule has 2 rings (SSSR count). The molecule has 0 aromatic heterocycles. The summed E-state index contributed by atoms with van der Waals surface area (Å²) in [7, 11) is -3.31. The maximum Gasteiger partial charge on any atom is 0.362 e. The van der Waals surface area contributed by atoms with Crippen LogP contribution in [0, 0.1) is 10.1 Å². The van der Waals surface area contributed by atoms with Crippen molar-refractivity contribution in [3.8, 4) is 0 Å². The number of azo groups is 1. The summed E-state index contributed by atoms with van der Waals surface area (Å²) in [6, 6.07) is 9.26. The Morgan fingerprint density at radius 3 is 2.14 bits per heavy atom. The summed E-state index contributed by atoms with van der Waals surface area (Å²) in [6.07, 6.45) is 0. The summed E-state index contributed by atoms with van der Waals surface area (Å²) < 4.78 is 35.5. The van der Waals surface area contributed by atoms with Crippen LogP contribution in [0.4, 0.5) is 11.4 Å². The Kier molecular flexibility index (Phi) is 6.18. The van der Waals surface area contributed by atoms with Gasteiger partial charge in [0, 0.05) is 17.7 Å². The Morgan fingerprint density at radius 1 is 1.11 bits per heavy atom. The first-order valence-corrected chi connectivity index (χ1v) is 8.83. The maximum absolute atomic E-state index is 11.9. The lowest BCUT2D eigenvalue weighted by molar-refractivity contribution is -0.384. The van der Waals surface area contributed by atoms with Crippen LogP contribution >= 0.6 is 0 Å². The van der Waals surface area contributed by atoms with Gasteiger partial charge in [-0.1, -0.05) is 0 Å². The zero-order valence-corrected chi connectivity index (χ0v) is 15.0. The van der Waals surface area contributed by atoms with E-state index in [0.29, 0.717) is 0 Å². The van der Waals surface area contributed by atoms with Crippen molar-refractivity contribution in [2.75, 3.05) is 7.11 Å². The second kappa shape index (κ2) is 8.37. The molecule has 2 aromatic carbocycles. The number of carbonyl (C=O) groups is 1.